The predicted molar refractivity (Wildman–Crippen MR) is 84.2 cm³/mol. The molecule has 0 bridgehead atoms. The average Bonchev–Trinajstić information content (AvgIpc) is 2.47. The van der Waals surface area contributed by atoms with Gasteiger partial charge in [0.2, 0.25) is 0 Å². The van der Waals surface area contributed by atoms with Crippen molar-refractivity contribution in [2.24, 2.45) is 0 Å². The molecule has 2 aromatic carbocycles. The van der Waals surface area contributed by atoms with Gasteiger partial charge in [0.1, 0.15) is 11.6 Å². The first-order chi connectivity index (χ1) is 10.5. The van der Waals surface area contributed by atoms with E-state index >= 15 is 0 Å². The summed E-state index contributed by atoms with van der Waals surface area (Å²) in [6.07, 6.45) is 0. The average molecular weight is 370 g/mol. The van der Waals surface area contributed by atoms with Gasteiger partial charge in [-0.15, -0.1) is 0 Å². The minimum atomic E-state index is -0.489. The molecule has 0 aliphatic heterocycles. The zero-order valence-electron chi connectivity index (χ0n) is 11.7. The van der Waals surface area contributed by atoms with E-state index in [0.717, 1.165) is 0 Å². The van der Waals surface area contributed by atoms with Crippen LogP contribution in [0.5, 0.6) is 0 Å². The van der Waals surface area contributed by atoms with Gasteiger partial charge in [0.15, 0.2) is 0 Å². The molecule has 2 rings (SSSR count). The van der Waals surface area contributed by atoms with Gasteiger partial charge >= 0.3 is 6.03 Å². The first-order valence-electron chi connectivity index (χ1n) is 6.45. The number of rotatable bonds is 4. The number of aryl methyl sites for hydroxylation is 1. The van der Waals surface area contributed by atoms with Gasteiger partial charge in [0.05, 0.1) is 5.69 Å². The van der Waals surface area contributed by atoms with Crippen molar-refractivity contribution >= 4 is 27.6 Å². The highest BCUT2D eigenvalue weighted by Crippen LogP contribution is 2.22. The highest BCUT2D eigenvalue weighted by Gasteiger charge is 2.05. The number of benzene rings is 2. The third-order valence-corrected chi connectivity index (χ3v) is 3.59. The van der Waals surface area contributed by atoms with Gasteiger partial charge in [0, 0.05) is 11.0 Å². The van der Waals surface area contributed by atoms with Gasteiger partial charge < -0.3 is 5.32 Å². The number of urea groups is 1. The molecule has 0 spiro atoms. The summed E-state index contributed by atoms with van der Waals surface area (Å²) in [5.74, 6) is -0.698. The predicted octanol–water partition coefficient (Wildman–Crippen LogP) is 3.86. The standard InChI is InChI=1S/C15H14BrF2N3O/c1-9-2-3-10(6-13(9)18)8-19-15(22)21-20-14-5-4-11(17)7-12(14)16/h2-7,20H,8H2,1H3,(H2,19,21,22). The van der Waals surface area contributed by atoms with Crippen molar-refractivity contribution < 1.29 is 13.6 Å². The van der Waals surface area contributed by atoms with Gasteiger partial charge in [-0.05, 0) is 58.2 Å². The lowest BCUT2D eigenvalue weighted by atomic mass is 10.1. The smallest absolute Gasteiger partial charge is 0.333 e. The number of hydrogen-bond donors (Lipinski definition) is 3. The van der Waals surface area contributed by atoms with Gasteiger partial charge in [-0.2, -0.15) is 0 Å². The van der Waals surface area contributed by atoms with Gasteiger partial charge in [0.25, 0.3) is 0 Å². The van der Waals surface area contributed by atoms with E-state index in [0.29, 0.717) is 21.3 Å². The molecule has 0 fully saturated rings. The number of anilines is 1. The lowest BCUT2D eigenvalue weighted by Gasteiger charge is -2.11. The van der Waals surface area contributed by atoms with Crippen LogP contribution in [0.15, 0.2) is 40.9 Å². The molecule has 0 atom stereocenters. The largest absolute Gasteiger partial charge is 0.333 e. The number of nitrogens with one attached hydrogen (secondary N) is 3. The molecule has 0 heterocycles. The first kappa shape index (κ1) is 16.2. The van der Waals surface area contributed by atoms with Crippen LogP contribution in [0.2, 0.25) is 0 Å². The second kappa shape index (κ2) is 7.22. The van der Waals surface area contributed by atoms with Crippen molar-refractivity contribution in [1.29, 1.82) is 0 Å². The number of carbonyl (C=O) groups is 1. The Morgan fingerprint density at radius 1 is 1.18 bits per heavy atom. The van der Waals surface area contributed by atoms with E-state index in [-0.39, 0.29) is 18.2 Å². The molecule has 2 aromatic rings. The summed E-state index contributed by atoms with van der Waals surface area (Å²) in [7, 11) is 0. The summed E-state index contributed by atoms with van der Waals surface area (Å²) in [4.78, 5) is 11.7. The molecular formula is C15H14BrF2N3O. The molecular weight excluding hydrogens is 356 g/mol. The second-order valence-electron chi connectivity index (χ2n) is 4.64. The molecule has 22 heavy (non-hydrogen) atoms. The Balaban J connectivity index is 1.84. The van der Waals surface area contributed by atoms with Crippen molar-refractivity contribution in [1.82, 2.24) is 10.7 Å². The summed E-state index contributed by atoms with van der Waals surface area (Å²) in [6, 6.07) is 8.30. The van der Waals surface area contributed by atoms with Gasteiger partial charge in [-0.3, -0.25) is 10.9 Å². The molecule has 0 aliphatic carbocycles. The van der Waals surface area contributed by atoms with Crippen molar-refractivity contribution in [3.8, 4) is 0 Å². The Hall–Kier alpha value is -2.15. The van der Waals surface area contributed by atoms with Crippen LogP contribution >= 0.6 is 15.9 Å². The van der Waals surface area contributed by atoms with Crippen LogP contribution in [0.1, 0.15) is 11.1 Å². The van der Waals surface area contributed by atoms with Crippen LogP contribution < -0.4 is 16.2 Å². The summed E-state index contributed by atoms with van der Waals surface area (Å²) in [5.41, 5.74) is 6.77. The Morgan fingerprint density at radius 2 is 1.95 bits per heavy atom. The normalized spacial score (nSPS) is 10.2. The van der Waals surface area contributed by atoms with Crippen molar-refractivity contribution in [2.45, 2.75) is 13.5 Å². The fourth-order valence-corrected chi connectivity index (χ4v) is 2.14. The molecule has 0 saturated heterocycles. The van der Waals surface area contributed by atoms with Crippen LogP contribution in [-0.2, 0) is 6.54 Å². The summed E-state index contributed by atoms with van der Waals surface area (Å²) >= 11 is 3.17. The maximum absolute atomic E-state index is 13.4. The Kier molecular flexibility index (Phi) is 5.32. The molecule has 3 N–H and O–H groups in total. The lowest BCUT2D eigenvalue weighted by molar-refractivity contribution is 0.242. The second-order valence-corrected chi connectivity index (χ2v) is 5.49. The molecule has 0 aromatic heterocycles. The van der Waals surface area contributed by atoms with E-state index in [9.17, 15) is 13.6 Å². The maximum Gasteiger partial charge on any atom is 0.333 e. The van der Waals surface area contributed by atoms with E-state index in [4.69, 9.17) is 0 Å². The van der Waals surface area contributed by atoms with E-state index in [1.165, 1.54) is 24.3 Å². The van der Waals surface area contributed by atoms with Crippen LogP contribution in [0.4, 0.5) is 19.3 Å². The monoisotopic (exact) mass is 369 g/mol. The fourth-order valence-electron chi connectivity index (χ4n) is 1.69. The molecule has 0 radical (unpaired) electrons. The Morgan fingerprint density at radius 3 is 2.64 bits per heavy atom. The quantitative estimate of drug-likeness (QED) is 0.716. The molecule has 2 amide bonds. The minimum absolute atomic E-state index is 0.190. The van der Waals surface area contributed by atoms with E-state index in [1.54, 1.807) is 19.1 Å². The highest BCUT2D eigenvalue weighted by molar-refractivity contribution is 9.10. The molecule has 4 nitrogen and oxygen atoms in total. The van der Waals surface area contributed by atoms with Crippen molar-refractivity contribution in [3.63, 3.8) is 0 Å². The Labute approximate surface area is 135 Å². The number of hydrogen-bond acceptors (Lipinski definition) is 2. The number of halogens is 3. The third kappa shape index (κ3) is 4.42. The van der Waals surface area contributed by atoms with Crippen LogP contribution in [0.3, 0.4) is 0 Å². The van der Waals surface area contributed by atoms with Crippen LogP contribution in [0, 0.1) is 18.6 Å². The van der Waals surface area contributed by atoms with Gasteiger partial charge in [-0.1, -0.05) is 12.1 Å². The topological polar surface area (TPSA) is 53.2 Å². The van der Waals surface area contributed by atoms with Crippen LogP contribution in [-0.4, -0.2) is 6.03 Å². The molecule has 0 saturated carbocycles. The van der Waals surface area contributed by atoms with E-state index < -0.39 is 6.03 Å². The lowest BCUT2D eigenvalue weighted by Crippen LogP contribution is -2.38. The van der Waals surface area contributed by atoms with E-state index in [1.807, 2.05) is 0 Å². The van der Waals surface area contributed by atoms with Crippen molar-refractivity contribution in [3.05, 3.63) is 63.6 Å². The molecule has 0 unspecified atom stereocenters. The van der Waals surface area contributed by atoms with E-state index in [2.05, 4.69) is 32.1 Å². The molecule has 116 valence electrons. The summed E-state index contributed by atoms with van der Waals surface area (Å²) in [5, 5.41) is 2.58. The number of hydrazine groups is 1. The minimum Gasteiger partial charge on any atom is -0.333 e. The summed E-state index contributed by atoms with van der Waals surface area (Å²) in [6.45, 7) is 1.86. The summed E-state index contributed by atoms with van der Waals surface area (Å²) < 4.78 is 26.8. The SMILES string of the molecule is Cc1ccc(CNC(=O)NNc2ccc(F)cc2Br)cc1F. The van der Waals surface area contributed by atoms with Gasteiger partial charge in [-0.25, -0.2) is 13.6 Å². The van der Waals surface area contributed by atoms with Crippen LogP contribution in [0.25, 0.3) is 0 Å². The Bertz CT molecular complexity index is 694. The number of amides is 2. The number of carbonyl (C=O) groups excluding carboxylic acids is 1. The molecule has 0 aliphatic rings. The zero-order chi connectivity index (χ0) is 16.1. The maximum atomic E-state index is 13.4. The first-order valence-corrected chi connectivity index (χ1v) is 7.25. The van der Waals surface area contributed by atoms with Crippen molar-refractivity contribution in [2.75, 3.05) is 5.43 Å². The molecule has 7 heteroatoms. The fraction of sp³-hybridized carbons (Fsp3) is 0.133. The zero-order valence-corrected chi connectivity index (χ0v) is 13.3. The third-order valence-electron chi connectivity index (χ3n) is 2.93. The highest BCUT2D eigenvalue weighted by atomic mass is 79.9.